The summed E-state index contributed by atoms with van der Waals surface area (Å²) in [7, 11) is 1.32. The number of carbonyl (C=O) groups is 3. The van der Waals surface area contributed by atoms with Gasteiger partial charge < -0.3 is 14.8 Å². The van der Waals surface area contributed by atoms with E-state index in [4.69, 9.17) is 4.74 Å². The van der Waals surface area contributed by atoms with E-state index in [1.54, 1.807) is 30.3 Å². The zero-order valence-electron chi connectivity index (χ0n) is 15.2. The van der Waals surface area contributed by atoms with Gasteiger partial charge in [0.1, 0.15) is 0 Å². The zero-order valence-corrected chi connectivity index (χ0v) is 15.2. The second kappa shape index (κ2) is 9.75. The average Bonchev–Trinajstić information content (AvgIpc) is 2.66. The Morgan fingerprint density at radius 2 is 1.85 bits per heavy atom. The van der Waals surface area contributed by atoms with Crippen LogP contribution in [0.5, 0.6) is 0 Å². The van der Waals surface area contributed by atoms with Gasteiger partial charge >= 0.3 is 11.9 Å². The van der Waals surface area contributed by atoms with E-state index in [9.17, 15) is 14.4 Å². The minimum absolute atomic E-state index is 0.166. The molecule has 0 saturated heterocycles. The molecule has 1 amide bonds. The molecule has 0 unspecified atom stereocenters. The number of benzene rings is 1. The van der Waals surface area contributed by atoms with E-state index in [2.05, 4.69) is 17.0 Å². The van der Waals surface area contributed by atoms with E-state index in [1.165, 1.54) is 19.6 Å². The molecule has 0 spiro atoms. The highest BCUT2D eigenvalue weighted by Crippen LogP contribution is 2.23. The van der Waals surface area contributed by atoms with Gasteiger partial charge in [-0.2, -0.15) is 0 Å². The van der Waals surface area contributed by atoms with Crippen LogP contribution in [0.1, 0.15) is 48.5 Å². The van der Waals surface area contributed by atoms with Crippen molar-refractivity contribution in [1.29, 1.82) is 0 Å². The molecule has 0 aliphatic heterocycles. The first kappa shape index (κ1) is 19.7. The van der Waals surface area contributed by atoms with Crippen LogP contribution < -0.4 is 5.32 Å². The van der Waals surface area contributed by atoms with Gasteiger partial charge in [-0.05, 0) is 42.5 Å². The van der Waals surface area contributed by atoms with Gasteiger partial charge in [0.25, 0.3) is 5.91 Å². The summed E-state index contributed by atoms with van der Waals surface area (Å²) < 4.78 is 9.59. The monoisotopic (exact) mass is 359 g/mol. The second-order valence-corrected chi connectivity index (χ2v) is 6.49. The first-order valence-electron chi connectivity index (χ1n) is 8.82. The first-order chi connectivity index (χ1) is 12.5. The van der Waals surface area contributed by atoms with Crippen molar-refractivity contribution in [2.45, 2.75) is 38.6 Å². The van der Waals surface area contributed by atoms with Crippen molar-refractivity contribution in [2.75, 3.05) is 13.7 Å². The van der Waals surface area contributed by atoms with Crippen molar-refractivity contribution in [3.05, 3.63) is 41.5 Å². The fourth-order valence-corrected chi connectivity index (χ4v) is 2.98. The summed E-state index contributed by atoms with van der Waals surface area (Å²) in [6.07, 6.45) is 7.22. The van der Waals surface area contributed by atoms with E-state index in [1.807, 2.05) is 0 Å². The van der Waals surface area contributed by atoms with E-state index in [-0.39, 0.29) is 18.6 Å². The highest BCUT2D eigenvalue weighted by Gasteiger charge is 2.22. The molecule has 2 atom stereocenters. The lowest BCUT2D eigenvalue weighted by Crippen LogP contribution is -2.42. The van der Waals surface area contributed by atoms with E-state index < -0.39 is 11.9 Å². The van der Waals surface area contributed by atoms with Crippen molar-refractivity contribution in [1.82, 2.24) is 5.32 Å². The van der Waals surface area contributed by atoms with Gasteiger partial charge in [0.2, 0.25) is 0 Å². The molecule has 1 N–H and O–H groups in total. The Hall–Kier alpha value is -2.63. The van der Waals surface area contributed by atoms with Crippen molar-refractivity contribution in [2.24, 2.45) is 5.92 Å². The lowest BCUT2D eigenvalue weighted by atomic mass is 9.86. The van der Waals surface area contributed by atoms with E-state index >= 15 is 0 Å². The minimum Gasteiger partial charge on any atom is -0.465 e. The van der Waals surface area contributed by atoms with Gasteiger partial charge in [0.05, 0.1) is 12.7 Å². The van der Waals surface area contributed by atoms with Gasteiger partial charge in [-0.1, -0.05) is 31.9 Å². The van der Waals surface area contributed by atoms with Crippen molar-refractivity contribution >= 4 is 23.9 Å². The number of hydrogen-bond acceptors (Lipinski definition) is 5. The Bertz CT molecular complexity index is 665. The highest BCUT2D eigenvalue weighted by atomic mass is 16.5. The van der Waals surface area contributed by atoms with Crippen LogP contribution in [0.25, 0.3) is 6.08 Å². The molecular formula is C20H25NO5. The van der Waals surface area contributed by atoms with Crippen LogP contribution in [0.2, 0.25) is 0 Å². The van der Waals surface area contributed by atoms with Crippen LogP contribution in [-0.4, -0.2) is 37.6 Å². The smallest absolute Gasteiger partial charge is 0.337 e. The highest BCUT2D eigenvalue weighted by molar-refractivity contribution is 5.91. The molecule has 0 aromatic heterocycles. The minimum atomic E-state index is -0.589. The van der Waals surface area contributed by atoms with Crippen molar-refractivity contribution in [3.8, 4) is 0 Å². The van der Waals surface area contributed by atoms with Crippen LogP contribution in [0.4, 0.5) is 0 Å². The molecule has 1 fully saturated rings. The molecule has 140 valence electrons. The largest absolute Gasteiger partial charge is 0.465 e. The molecule has 0 radical (unpaired) electrons. The molecule has 26 heavy (non-hydrogen) atoms. The van der Waals surface area contributed by atoms with Crippen LogP contribution in [-0.2, 0) is 19.1 Å². The van der Waals surface area contributed by atoms with Crippen LogP contribution in [0.15, 0.2) is 30.3 Å². The molecule has 1 saturated carbocycles. The quantitative estimate of drug-likeness (QED) is 0.624. The van der Waals surface area contributed by atoms with E-state index in [0.29, 0.717) is 11.5 Å². The molecule has 6 heteroatoms. The Balaban J connectivity index is 1.76. The Morgan fingerprint density at radius 1 is 1.15 bits per heavy atom. The maximum Gasteiger partial charge on any atom is 0.337 e. The summed E-state index contributed by atoms with van der Waals surface area (Å²) in [6.45, 7) is 1.85. The Morgan fingerprint density at radius 3 is 2.50 bits per heavy atom. The number of hydrogen-bond donors (Lipinski definition) is 1. The van der Waals surface area contributed by atoms with Crippen LogP contribution in [0, 0.1) is 5.92 Å². The fourth-order valence-electron chi connectivity index (χ4n) is 2.98. The molecule has 1 aromatic carbocycles. The second-order valence-electron chi connectivity index (χ2n) is 6.49. The third-order valence-corrected chi connectivity index (χ3v) is 4.55. The Kier molecular flexibility index (Phi) is 7.38. The average molecular weight is 359 g/mol. The molecule has 2 rings (SSSR count). The lowest BCUT2D eigenvalue weighted by molar-refractivity contribution is -0.144. The molecule has 0 heterocycles. The Labute approximate surface area is 153 Å². The number of carbonyl (C=O) groups excluding carboxylic acids is 3. The summed E-state index contributed by atoms with van der Waals surface area (Å²) in [6, 6.07) is 6.75. The normalized spacial score (nSPS) is 19.8. The molecule has 0 bridgehead atoms. The van der Waals surface area contributed by atoms with Gasteiger partial charge in [0, 0.05) is 12.1 Å². The van der Waals surface area contributed by atoms with E-state index in [0.717, 1.165) is 24.8 Å². The van der Waals surface area contributed by atoms with Crippen LogP contribution >= 0.6 is 0 Å². The fraction of sp³-hybridized carbons (Fsp3) is 0.450. The number of nitrogens with one attached hydrogen (secondary N) is 1. The predicted octanol–water partition coefficient (Wildman–Crippen LogP) is 2.72. The number of esters is 2. The van der Waals surface area contributed by atoms with Crippen molar-refractivity contribution < 1.29 is 23.9 Å². The number of amides is 1. The summed E-state index contributed by atoms with van der Waals surface area (Å²) in [5, 5.41) is 2.94. The standard InChI is InChI=1S/C20H25NO5/c1-14-5-3-4-6-17(14)21-18(22)13-26-19(23)12-9-15-7-10-16(11-8-15)20(24)25-2/h7-12,14,17H,3-6,13H2,1-2H3,(H,21,22)/b12-9+/t14-,17+/m1/s1. The summed E-state index contributed by atoms with van der Waals surface area (Å²) in [5.74, 6) is -0.823. The topological polar surface area (TPSA) is 81.7 Å². The third-order valence-electron chi connectivity index (χ3n) is 4.55. The third kappa shape index (κ3) is 6.02. The molecule has 1 aliphatic rings. The molecular weight excluding hydrogens is 334 g/mol. The van der Waals surface area contributed by atoms with Gasteiger partial charge in [0.15, 0.2) is 6.61 Å². The number of ether oxygens (including phenoxy) is 2. The molecule has 1 aliphatic carbocycles. The van der Waals surface area contributed by atoms with Gasteiger partial charge in [-0.25, -0.2) is 9.59 Å². The summed E-state index contributed by atoms with van der Waals surface area (Å²) >= 11 is 0. The van der Waals surface area contributed by atoms with Crippen LogP contribution in [0.3, 0.4) is 0 Å². The molecule has 1 aromatic rings. The lowest BCUT2D eigenvalue weighted by Gasteiger charge is -2.29. The number of rotatable bonds is 6. The first-order valence-corrected chi connectivity index (χ1v) is 8.82. The summed E-state index contributed by atoms with van der Waals surface area (Å²) in [5.41, 5.74) is 1.16. The summed E-state index contributed by atoms with van der Waals surface area (Å²) in [4.78, 5) is 35.0. The van der Waals surface area contributed by atoms with Gasteiger partial charge in [-0.3, -0.25) is 4.79 Å². The molecule has 6 nitrogen and oxygen atoms in total. The SMILES string of the molecule is COC(=O)c1ccc(/C=C/C(=O)OCC(=O)N[C@H]2CCCC[C@H]2C)cc1. The predicted molar refractivity (Wildman–Crippen MR) is 97.3 cm³/mol. The zero-order chi connectivity index (χ0) is 18.9. The number of methoxy groups -OCH3 is 1. The maximum absolute atomic E-state index is 11.9. The van der Waals surface area contributed by atoms with Crippen molar-refractivity contribution in [3.63, 3.8) is 0 Å². The maximum atomic E-state index is 11.9. The van der Waals surface area contributed by atoms with Gasteiger partial charge in [-0.15, -0.1) is 0 Å².